The molecule has 2 amide bonds. The molecule has 1 N–H and O–H groups in total. The van der Waals surface area contributed by atoms with Gasteiger partial charge in [0, 0.05) is 22.6 Å². The van der Waals surface area contributed by atoms with Crippen LogP contribution in [0.1, 0.15) is 21.6 Å². The smallest absolute Gasteiger partial charge is 0.254 e. The maximum atomic E-state index is 13.0. The van der Waals surface area contributed by atoms with E-state index in [0.29, 0.717) is 11.3 Å². The van der Waals surface area contributed by atoms with Crippen molar-refractivity contribution in [3.8, 4) is 0 Å². The quantitative estimate of drug-likeness (QED) is 0.676. The molecule has 138 valence electrons. The van der Waals surface area contributed by atoms with Gasteiger partial charge in [-0.1, -0.05) is 23.8 Å². The van der Waals surface area contributed by atoms with Gasteiger partial charge in [-0.15, -0.1) is 0 Å². The second-order valence-electron chi connectivity index (χ2n) is 6.52. The molecule has 3 aromatic rings. The average molecular weight is 426 g/mol. The number of halogens is 1. The molecule has 0 aliphatic heterocycles. The first kappa shape index (κ1) is 19.0. The van der Waals surface area contributed by atoms with Gasteiger partial charge in [0.15, 0.2) is 0 Å². The third-order valence-electron chi connectivity index (χ3n) is 4.20. The van der Waals surface area contributed by atoms with Crippen molar-refractivity contribution in [2.24, 2.45) is 0 Å². The van der Waals surface area contributed by atoms with Crippen molar-refractivity contribution in [1.82, 2.24) is 9.88 Å². The van der Waals surface area contributed by atoms with Crippen molar-refractivity contribution in [3.63, 3.8) is 0 Å². The predicted octanol–water partition coefficient (Wildman–Crippen LogP) is 4.32. The molecule has 0 aliphatic rings. The van der Waals surface area contributed by atoms with Crippen LogP contribution in [0.5, 0.6) is 0 Å². The third-order valence-corrected chi connectivity index (χ3v) is 4.89. The molecule has 0 saturated heterocycles. The lowest BCUT2D eigenvalue weighted by Crippen LogP contribution is -2.35. The Morgan fingerprint density at radius 3 is 2.59 bits per heavy atom. The van der Waals surface area contributed by atoms with Gasteiger partial charge in [-0.3, -0.25) is 14.6 Å². The summed E-state index contributed by atoms with van der Waals surface area (Å²) in [7, 11) is 1.62. The second-order valence-corrected chi connectivity index (χ2v) is 7.38. The summed E-state index contributed by atoms with van der Waals surface area (Å²) in [6.45, 7) is 3.78. The Hall–Kier alpha value is -2.73. The molecule has 3 rings (SSSR count). The molecule has 0 atom stereocenters. The Labute approximate surface area is 166 Å². The summed E-state index contributed by atoms with van der Waals surface area (Å²) in [5.41, 5.74) is 3.81. The topological polar surface area (TPSA) is 62.3 Å². The van der Waals surface area contributed by atoms with E-state index in [9.17, 15) is 9.59 Å². The highest BCUT2D eigenvalue weighted by atomic mass is 79.9. The number of carbonyl (C=O) groups is 2. The number of amides is 2. The Kier molecular flexibility index (Phi) is 5.56. The number of rotatable bonds is 4. The summed E-state index contributed by atoms with van der Waals surface area (Å²) < 4.78 is 0.790. The fraction of sp³-hybridized carbons (Fsp3) is 0.190. The van der Waals surface area contributed by atoms with Crippen LogP contribution >= 0.6 is 15.9 Å². The number of anilines is 1. The van der Waals surface area contributed by atoms with Crippen molar-refractivity contribution in [2.75, 3.05) is 18.9 Å². The highest BCUT2D eigenvalue weighted by Gasteiger charge is 2.19. The average Bonchev–Trinajstić information content (AvgIpc) is 2.62. The molecular weight excluding hydrogens is 406 g/mol. The monoisotopic (exact) mass is 425 g/mol. The van der Waals surface area contributed by atoms with E-state index in [1.165, 1.54) is 4.90 Å². The molecular formula is C21H20BrN3O2. The predicted molar refractivity (Wildman–Crippen MR) is 111 cm³/mol. The van der Waals surface area contributed by atoms with Crippen LogP contribution in [0.2, 0.25) is 0 Å². The molecule has 0 bridgehead atoms. The molecule has 6 heteroatoms. The minimum Gasteiger partial charge on any atom is -0.332 e. The molecule has 0 saturated carbocycles. The van der Waals surface area contributed by atoms with E-state index >= 15 is 0 Å². The van der Waals surface area contributed by atoms with Gasteiger partial charge < -0.3 is 10.2 Å². The minimum atomic E-state index is -0.260. The number of pyridine rings is 1. The van der Waals surface area contributed by atoms with Crippen molar-refractivity contribution in [2.45, 2.75) is 13.8 Å². The van der Waals surface area contributed by atoms with Crippen LogP contribution in [0.4, 0.5) is 5.69 Å². The van der Waals surface area contributed by atoms with E-state index in [1.807, 2.05) is 50.2 Å². The van der Waals surface area contributed by atoms with Gasteiger partial charge in [-0.05, 0) is 60.1 Å². The van der Waals surface area contributed by atoms with Crippen molar-refractivity contribution < 1.29 is 9.59 Å². The van der Waals surface area contributed by atoms with Crippen LogP contribution in [0.3, 0.4) is 0 Å². The van der Waals surface area contributed by atoms with Crippen molar-refractivity contribution in [3.05, 3.63) is 69.8 Å². The molecule has 0 spiro atoms. The van der Waals surface area contributed by atoms with E-state index in [0.717, 1.165) is 26.6 Å². The van der Waals surface area contributed by atoms with Crippen molar-refractivity contribution >= 4 is 44.3 Å². The van der Waals surface area contributed by atoms with Gasteiger partial charge >= 0.3 is 0 Å². The fourth-order valence-electron chi connectivity index (χ4n) is 2.89. The van der Waals surface area contributed by atoms with E-state index in [2.05, 4.69) is 26.2 Å². The molecule has 0 unspecified atom stereocenters. The van der Waals surface area contributed by atoms with Gasteiger partial charge in [0.05, 0.1) is 23.3 Å². The second kappa shape index (κ2) is 7.88. The number of nitrogens with one attached hydrogen (secondary N) is 1. The summed E-state index contributed by atoms with van der Waals surface area (Å²) in [6.07, 6.45) is 0. The molecule has 2 aromatic carbocycles. The fourth-order valence-corrected chi connectivity index (χ4v) is 3.28. The summed E-state index contributed by atoms with van der Waals surface area (Å²) in [5, 5.41) is 3.61. The number of aromatic nitrogens is 1. The Balaban J connectivity index is 1.81. The van der Waals surface area contributed by atoms with Gasteiger partial charge in [0.2, 0.25) is 5.91 Å². The van der Waals surface area contributed by atoms with Gasteiger partial charge in [-0.2, -0.15) is 0 Å². The summed E-state index contributed by atoms with van der Waals surface area (Å²) in [6, 6.07) is 14.9. The Bertz CT molecular complexity index is 1030. The zero-order chi connectivity index (χ0) is 19.6. The van der Waals surface area contributed by atoms with Crippen LogP contribution in [0.25, 0.3) is 10.9 Å². The van der Waals surface area contributed by atoms with E-state index < -0.39 is 0 Å². The highest BCUT2D eigenvalue weighted by Crippen LogP contribution is 2.22. The van der Waals surface area contributed by atoms with E-state index in [4.69, 9.17) is 0 Å². The zero-order valence-corrected chi connectivity index (χ0v) is 17.0. The first-order valence-electron chi connectivity index (χ1n) is 8.53. The summed E-state index contributed by atoms with van der Waals surface area (Å²) in [4.78, 5) is 31.3. The molecule has 0 radical (unpaired) electrons. The number of para-hydroxylation sites is 1. The first-order chi connectivity index (χ1) is 12.8. The van der Waals surface area contributed by atoms with Crippen LogP contribution in [0, 0.1) is 13.8 Å². The SMILES string of the molecule is Cc1ccc2nc(C)cc(C(=O)N(C)CC(=O)Nc3ccccc3Br)c2c1. The Morgan fingerprint density at radius 1 is 1.11 bits per heavy atom. The number of nitrogens with zero attached hydrogens (tertiary/aromatic N) is 2. The van der Waals surface area contributed by atoms with Gasteiger partial charge in [0.1, 0.15) is 0 Å². The lowest BCUT2D eigenvalue weighted by atomic mass is 10.0. The van der Waals surface area contributed by atoms with E-state index in [1.54, 1.807) is 19.2 Å². The molecule has 0 fully saturated rings. The largest absolute Gasteiger partial charge is 0.332 e. The highest BCUT2D eigenvalue weighted by molar-refractivity contribution is 9.10. The minimum absolute atomic E-state index is 0.0468. The number of fused-ring (bicyclic) bond motifs is 1. The Morgan fingerprint density at radius 2 is 1.85 bits per heavy atom. The third kappa shape index (κ3) is 4.34. The van der Waals surface area contributed by atoms with Crippen molar-refractivity contribution in [1.29, 1.82) is 0 Å². The molecule has 0 aliphatic carbocycles. The molecule has 27 heavy (non-hydrogen) atoms. The van der Waals surface area contributed by atoms with E-state index in [-0.39, 0.29) is 18.4 Å². The van der Waals surface area contributed by atoms with Crippen LogP contribution in [-0.4, -0.2) is 35.3 Å². The molecule has 5 nitrogen and oxygen atoms in total. The number of aryl methyl sites for hydroxylation is 2. The summed E-state index contributed by atoms with van der Waals surface area (Å²) in [5.74, 6) is -0.470. The number of likely N-dealkylation sites (N-methyl/N-ethyl adjacent to an activating group) is 1. The normalized spacial score (nSPS) is 10.7. The summed E-state index contributed by atoms with van der Waals surface area (Å²) >= 11 is 3.40. The van der Waals surface area contributed by atoms with Crippen LogP contribution < -0.4 is 5.32 Å². The molecule has 1 aromatic heterocycles. The lowest BCUT2D eigenvalue weighted by Gasteiger charge is -2.18. The number of hydrogen-bond donors (Lipinski definition) is 1. The zero-order valence-electron chi connectivity index (χ0n) is 15.4. The van der Waals surface area contributed by atoms with Crippen LogP contribution in [0.15, 0.2) is 53.0 Å². The molecule has 1 heterocycles. The van der Waals surface area contributed by atoms with Crippen LogP contribution in [-0.2, 0) is 4.79 Å². The first-order valence-corrected chi connectivity index (χ1v) is 9.32. The van der Waals surface area contributed by atoms with Gasteiger partial charge in [0.25, 0.3) is 5.91 Å². The standard InChI is InChI=1S/C21H20BrN3O2/c1-13-8-9-18-15(10-13)16(11-14(2)23-18)21(27)25(3)12-20(26)24-19-7-5-4-6-17(19)22/h4-11H,12H2,1-3H3,(H,24,26). The maximum absolute atomic E-state index is 13.0. The van der Waals surface area contributed by atoms with Gasteiger partial charge in [-0.25, -0.2) is 0 Å². The number of carbonyl (C=O) groups excluding carboxylic acids is 2. The lowest BCUT2D eigenvalue weighted by molar-refractivity contribution is -0.116. The maximum Gasteiger partial charge on any atom is 0.254 e. The number of hydrogen-bond acceptors (Lipinski definition) is 3. The number of benzene rings is 2.